The summed E-state index contributed by atoms with van der Waals surface area (Å²) in [6.45, 7) is 1.89. The number of aryl methyl sites for hydroxylation is 1. The van der Waals surface area contributed by atoms with Crippen molar-refractivity contribution >= 4 is 40.5 Å². The molecule has 0 radical (unpaired) electrons. The van der Waals surface area contributed by atoms with Crippen LogP contribution in [0.25, 0.3) is 0 Å². The monoisotopic (exact) mass is 312 g/mol. The maximum absolute atomic E-state index is 6.20. The lowest BCUT2D eigenvalue weighted by Crippen LogP contribution is -2.03. The van der Waals surface area contributed by atoms with Crippen LogP contribution in [0.4, 0.5) is 17.3 Å². The summed E-state index contributed by atoms with van der Waals surface area (Å²) < 4.78 is 5.31. The molecule has 2 aromatic rings. The molecule has 0 aliphatic heterocycles. The van der Waals surface area contributed by atoms with Crippen molar-refractivity contribution in [1.82, 2.24) is 9.97 Å². The maximum Gasteiger partial charge on any atom is 0.204 e. The van der Waals surface area contributed by atoms with Gasteiger partial charge in [-0.2, -0.15) is 0 Å². The highest BCUT2D eigenvalue weighted by atomic mass is 35.5. The van der Waals surface area contributed by atoms with Gasteiger partial charge in [-0.05, 0) is 24.6 Å². The van der Waals surface area contributed by atoms with E-state index in [1.807, 2.05) is 6.92 Å². The topological polar surface area (TPSA) is 59.1 Å². The predicted molar refractivity (Wildman–Crippen MR) is 82.6 cm³/mol. The van der Waals surface area contributed by atoms with Gasteiger partial charge < -0.3 is 15.4 Å². The molecule has 0 atom stereocenters. The van der Waals surface area contributed by atoms with E-state index in [-0.39, 0.29) is 0 Å². The molecule has 0 bridgehead atoms. The molecule has 106 valence electrons. The van der Waals surface area contributed by atoms with Crippen LogP contribution in [0.1, 0.15) is 5.56 Å². The van der Waals surface area contributed by atoms with Crippen molar-refractivity contribution in [3.63, 3.8) is 0 Å². The lowest BCUT2D eigenvalue weighted by Gasteiger charge is -2.14. The van der Waals surface area contributed by atoms with E-state index >= 15 is 0 Å². The van der Waals surface area contributed by atoms with Crippen molar-refractivity contribution in [1.29, 1.82) is 0 Å². The van der Waals surface area contributed by atoms with E-state index < -0.39 is 0 Å². The highest BCUT2D eigenvalue weighted by Crippen LogP contribution is 2.35. The fourth-order valence-electron chi connectivity index (χ4n) is 1.70. The first kappa shape index (κ1) is 14.7. The minimum absolute atomic E-state index is 0.503. The summed E-state index contributed by atoms with van der Waals surface area (Å²) in [6.07, 6.45) is 1.43. The molecular weight excluding hydrogens is 299 g/mol. The molecule has 0 spiro atoms. The molecule has 0 saturated carbocycles. The zero-order valence-electron chi connectivity index (χ0n) is 11.3. The fraction of sp³-hybridized carbons (Fsp3) is 0.231. The van der Waals surface area contributed by atoms with Crippen molar-refractivity contribution in [2.75, 3.05) is 24.8 Å². The van der Waals surface area contributed by atoms with E-state index in [2.05, 4.69) is 20.6 Å². The van der Waals surface area contributed by atoms with Gasteiger partial charge in [0.25, 0.3) is 0 Å². The Morgan fingerprint density at radius 2 is 1.80 bits per heavy atom. The van der Waals surface area contributed by atoms with Gasteiger partial charge in [-0.1, -0.05) is 23.2 Å². The van der Waals surface area contributed by atoms with Crippen LogP contribution in [0, 0.1) is 6.92 Å². The number of nitrogens with zero attached hydrogens (tertiary/aromatic N) is 2. The maximum atomic E-state index is 6.20. The van der Waals surface area contributed by atoms with Gasteiger partial charge in [0.2, 0.25) is 5.75 Å². The number of benzene rings is 1. The van der Waals surface area contributed by atoms with Crippen molar-refractivity contribution in [3.8, 4) is 5.75 Å². The van der Waals surface area contributed by atoms with Gasteiger partial charge in [0.05, 0.1) is 17.8 Å². The van der Waals surface area contributed by atoms with E-state index in [0.29, 0.717) is 33.1 Å². The van der Waals surface area contributed by atoms with Crippen LogP contribution in [0.3, 0.4) is 0 Å². The van der Waals surface area contributed by atoms with Gasteiger partial charge in [-0.25, -0.2) is 9.97 Å². The Kier molecular flexibility index (Phi) is 4.52. The van der Waals surface area contributed by atoms with E-state index in [4.69, 9.17) is 27.9 Å². The Labute approximate surface area is 127 Å². The first-order valence-electron chi connectivity index (χ1n) is 5.86. The summed E-state index contributed by atoms with van der Waals surface area (Å²) in [4.78, 5) is 8.24. The second-order valence-electron chi connectivity index (χ2n) is 4.06. The van der Waals surface area contributed by atoms with Crippen molar-refractivity contribution in [3.05, 3.63) is 34.1 Å². The summed E-state index contributed by atoms with van der Waals surface area (Å²) >= 11 is 12.3. The number of rotatable bonds is 4. The molecule has 2 rings (SSSR count). The van der Waals surface area contributed by atoms with Crippen LogP contribution < -0.4 is 15.4 Å². The average Bonchev–Trinajstić information content (AvgIpc) is 2.44. The lowest BCUT2D eigenvalue weighted by molar-refractivity contribution is 0.415. The smallest absolute Gasteiger partial charge is 0.204 e. The van der Waals surface area contributed by atoms with Gasteiger partial charge in [0, 0.05) is 12.1 Å². The van der Waals surface area contributed by atoms with Gasteiger partial charge in [-0.3, -0.25) is 0 Å². The SMILES string of the molecule is CNc1ncnc(Nc2cc(Cl)c(C)cc2Cl)c1OC. The molecule has 0 fully saturated rings. The number of methoxy groups -OCH3 is 1. The Morgan fingerprint density at radius 1 is 1.10 bits per heavy atom. The fourth-order valence-corrected chi connectivity index (χ4v) is 2.13. The molecule has 0 amide bonds. The molecule has 0 aliphatic rings. The summed E-state index contributed by atoms with van der Waals surface area (Å²) in [7, 11) is 3.30. The summed E-state index contributed by atoms with van der Waals surface area (Å²) in [5.41, 5.74) is 1.56. The molecule has 1 heterocycles. The third-order valence-corrected chi connectivity index (χ3v) is 3.47. The first-order chi connectivity index (χ1) is 9.56. The number of halogens is 2. The molecule has 5 nitrogen and oxygen atoms in total. The van der Waals surface area contributed by atoms with Crippen molar-refractivity contribution < 1.29 is 4.74 Å². The normalized spacial score (nSPS) is 10.2. The van der Waals surface area contributed by atoms with Crippen molar-refractivity contribution in [2.24, 2.45) is 0 Å². The number of hydrogen-bond acceptors (Lipinski definition) is 5. The highest BCUT2D eigenvalue weighted by molar-refractivity contribution is 6.35. The quantitative estimate of drug-likeness (QED) is 0.897. The second kappa shape index (κ2) is 6.15. The Balaban J connectivity index is 2.42. The number of hydrogen-bond donors (Lipinski definition) is 2. The minimum atomic E-state index is 0.503. The molecule has 0 unspecified atom stereocenters. The molecule has 20 heavy (non-hydrogen) atoms. The Hall–Kier alpha value is -1.72. The van der Waals surface area contributed by atoms with Crippen LogP contribution in [0.5, 0.6) is 5.75 Å². The molecule has 2 N–H and O–H groups in total. The number of aromatic nitrogens is 2. The van der Waals surface area contributed by atoms with Crippen LogP contribution in [-0.2, 0) is 0 Å². The largest absolute Gasteiger partial charge is 0.490 e. The van der Waals surface area contributed by atoms with E-state index in [0.717, 1.165) is 5.56 Å². The molecule has 0 aliphatic carbocycles. The molecule has 1 aromatic carbocycles. The van der Waals surface area contributed by atoms with Crippen LogP contribution in [0.2, 0.25) is 10.0 Å². The molecule has 0 saturated heterocycles. The molecular formula is C13H14Cl2N4O. The standard InChI is InChI=1S/C13H14Cl2N4O/c1-7-4-9(15)10(5-8(7)14)19-13-11(20-3)12(16-2)17-6-18-13/h4-6H,1-3H3,(H2,16,17,18,19). The Bertz CT molecular complexity index is 634. The zero-order chi connectivity index (χ0) is 14.7. The van der Waals surface area contributed by atoms with Gasteiger partial charge in [0.1, 0.15) is 6.33 Å². The van der Waals surface area contributed by atoms with E-state index in [9.17, 15) is 0 Å². The van der Waals surface area contributed by atoms with E-state index in [1.165, 1.54) is 6.33 Å². The average molecular weight is 313 g/mol. The van der Waals surface area contributed by atoms with E-state index in [1.54, 1.807) is 26.3 Å². The molecule has 1 aromatic heterocycles. The lowest BCUT2D eigenvalue weighted by atomic mass is 10.2. The number of nitrogens with one attached hydrogen (secondary N) is 2. The van der Waals surface area contributed by atoms with Crippen molar-refractivity contribution in [2.45, 2.75) is 6.92 Å². The highest BCUT2D eigenvalue weighted by Gasteiger charge is 2.13. The van der Waals surface area contributed by atoms with Gasteiger partial charge >= 0.3 is 0 Å². The molecule has 7 heteroatoms. The predicted octanol–water partition coefficient (Wildman–Crippen LogP) is 3.89. The van der Waals surface area contributed by atoms with Crippen LogP contribution in [0.15, 0.2) is 18.5 Å². The van der Waals surface area contributed by atoms with Crippen LogP contribution >= 0.6 is 23.2 Å². The van der Waals surface area contributed by atoms with Gasteiger partial charge in [-0.15, -0.1) is 0 Å². The Morgan fingerprint density at radius 3 is 2.45 bits per heavy atom. The number of anilines is 3. The zero-order valence-corrected chi connectivity index (χ0v) is 12.8. The third-order valence-electron chi connectivity index (χ3n) is 2.75. The minimum Gasteiger partial charge on any atom is -0.490 e. The first-order valence-corrected chi connectivity index (χ1v) is 6.61. The second-order valence-corrected chi connectivity index (χ2v) is 4.87. The van der Waals surface area contributed by atoms with Gasteiger partial charge in [0.15, 0.2) is 11.6 Å². The van der Waals surface area contributed by atoms with Crippen LogP contribution in [-0.4, -0.2) is 24.1 Å². The summed E-state index contributed by atoms with van der Waals surface area (Å²) in [5, 5.41) is 7.21. The third kappa shape index (κ3) is 2.89. The summed E-state index contributed by atoms with van der Waals surface area (Å²) in [6, 6.07) is 3.54. The summed E-state index contributed by atoms with van der Waals surface area (Å²) in [5.74, 6) is 1.59. The number of ether oxygens (including phenoxy) is 1.